The zero-order valence-corrected chi connectivity index (χ0v) is 12.9. The molecule has 0 spiro atoms. The number of pyridine rings is 1. The molecule has 1 amide bonds. The van der Waals surface area contributed by atoms with E-state index in [2.05, 4.69) is 20.9 Å². The van der Waals surface area contributed by atoms with Crippen LogP contribution < -0.4 is 0 Å². The summed E-state index contributed by atoms with van der Waals surface area (Å²) in [5, 5.41) is 0. The maximum absolute atomic E-state index is 12.0. The summed E-state index contributed by atoms with van der Waals surface area (Å²) < 4.78 is 11.7. The Hall–Kier alpha value is -1.14. The zero-order chi connectivity index (χ0) is 14.0. The number of carbonyl (C=O) groups is 1. The number of amides is 1. The van der Waals surface area contributed by atoms with Gasteiger partial charge in [0.2, 0.25) is 0 Å². The topological polar surface area (TPSA) is 51.7 Å². The van der Waals surface area contributed by atoms with Gasteiger partial charge in [-0.3, -0.25) is 9.88 Å². The summed E-state index contributed by atoms with van der Waals surface area (Å²) in [6, 6.07) is 1.96. The van der Waals surface area contributed by atoms with Crippen LogP contribution in [0.25, 0.3) is 0 Å². The SMILES string of the molecule is CC(C)(C)OC(=O)N1COCc2cc(Br)cnc2C1. The summed E-state index contributed by atoms with van der Waals surface area (Å²) in [4.78, 5) is 17.9. The van der Waals surface area contributed by atoms with Crippen LogP contribution in [0.15, 0.2) is 16.7 Å². The van der Waals surface area contributed by atoms with Crippen LogP contribution in [0.2, 0.25) is 0 Å². The molecule has 0 aliphatic carbocycles. The van der Waals surface area contributed by atoms with Gasteiger partial charge in [0.1, 0.15) is 12.3 Å². The van der Waals surface area contributed by atoms with Crippen LogP contribution in [-0.4, -0.2) is 28.3 Å². The van der Waals surface area contributed by atoms with Crippen LogP contribution in [-0.2, 0) is 22.6 Å². The largest absolute Gasteiger partial charge is 0.444 e. The van der Waals surface area contributed by atoms with Crippen molar-refractivity contribution in [2.75, 3.05) is 6.73 Å². The average molecular weight is 329 g/mol. The van der Waals surface area contributed by atoms with Gasteiger partial charge in [0, 0.05) is 16.2 Å². The second kappa shape index (κ2) is 5.46. The van der Waals surface area contributed by atoms with E-state index >= 15 is 0 Å². The molecular formula is C13H17BrN2O3. The zero-order valence-electron chi connectivity index (χ0n) is 11.3. The van der Waals surface area contributed by atoms with Crippen molar-refractivity contribution >= 4 is 22.0 Å². The number of hydrogen-bond acceptors (Lipinski definition) is 4. The fourth-order valence-electron chi connectivity index (χ4n) is 1.71. The first-order valence-corrected chi connectivity index (χ1v) is 6.83. The third-order valence-electron chi connectivity index (χ3n) is 2.52. The minimum Gasteiger partial charge on any atom is -0.444 e. The minimum atomic E-state index is -0.515. The van der Waals surface area contributed by atoms with Crippen molar-refractivity contribution in [1.82, 2.24) is 9.88 Å². The van der Waals surface area contributed by atoms with E-state index in [-0.39, 0.29) is 12.8 Å². The van der Waals surface area contributed by atoms with Gasteiger partial charge in [0.05, 0.1) is 18.8 Å². The number of rotatable bonds is 0. The fourth-order valence-corrected chi connectivity index (χ4v) is 2.09. The maximum atomic E-state index is 12.0. The number of fused-ring (bicyclic) bond motifs is 1. The van der Waals surface area contributed by atoms with Crippen molar-refractivity contribution in [3.8, 4) is 0 Å². The molecule has 5 nitrogen and oxygen atoms in total. The molecule has 0 saturated carbocycles. The lowest BCUT2D eigenvalue weighted by atomic mass is 10.2. The molecule has 0 aromatic carbocycles. The molecule has 6 heteroatoms. The third-order valence-corrected chi connectivity index (χ3v) is 2.96. The Labute approximate surface area is 121 Å². The predicted molar refractivity (Wildman–Crippen MR) is 73.4 cm³/mol. The molecule has 1 aliphatic rings. The Balaban J connectivity index is 2.13. The van der Waals surface area contributed by atoms with E-state index in [1.165, 1.54) is 4.90 Å². The van der Waals surface area contributed by atoms with Gasteiger partial charge in [0.25, 0.3) is 0 Å². The lowest BCUT2D eigenvalue weighted by Gasteiger charge is -2.25. The number of hydrogen-bond donors (Lipinski definition) is 0. The van der Waals surface area contributed by atoms with Gasteiger partial charge in [0.15, 0.2) is 0 Å². The first-order chi connectivity index (χ1) is 8.85. The van der Waals surface area contributed by atoms with Crippen molar-refractivity contribution in [2.45, 2.75) is 39.5 Å². The molecule has 0 radical (unpaired) electrons. The number of ether oxygens (including phenoxy) is 2. The number of nitrogens with zero attached hydrogens (tertiary/aromatic N) is 2. The summed E-state index contributed by atoms with van der Waals surface area (Å²) in [5.41, 5.74) is 1.31. The highest BCUT2D eigenvalue weighted by molar-refractivity contribution is 9.10. The Morgan fingerprint density at radius 3 is 2.95 bits per heavy atom. The van der Waals surface area contributed by atoms with Gasteiger partial charge in [-0.25, -0.2) is 4.79 Å². The second-order valence-corrected chi connectivity index (χ2v) is 6.33. The van der Waals surface area contributed by atoms with E-state index in [1.807, 2.05) is 26.8 Å². The number of aromatic nitrogens is 1. The van der Waals surface area contributed by atoms with Crippen molar-refractivity contribution in [1.29, 1.82) is 0 Å². The molecular weight excluding hydrogens is 312 g/mol. The molecule has 1 aromatic heterocycles. The van der Waals surface area contributed by atoms with Crippen LogP contribution in [0, 0.1) is 0 Å². The van der Waals surface area contributed by atoms with Crippen molar-refractivity contribution in [3.05, 3.63) is 28.0 Å². The Kier molecular flexibility index (Phi) is 4.10. The standard InChI is InChI=1S/C13H17BrN2O3/c1-13(2,3)19-12(17)16-6-11-9(7-18-8-16)4-10(14)5-15-11/h4-5H,6-8H2,1-3H3. The highest BCUT2D eigenvalue weighted by Crippen LogP contribution is 2.20. The molecule has 2 heterocycles. The lowest BCUT2D eigenvalue weighted by Crippen LogP contribution is -2.37. The van der Waals surface area contributed by atoms with E-state index in [1.54, 1.807) is 6.20 Å². The molecule has 0 bridgehead atoms. The first-order valence-electron chi connectivity index (χ1n) is 6.04. The Bertz CT molecular complexity index is 485. The van der Waals surface area contributed by atoms with E-state index in [0.29, 0.717) is 13.2 Å². The molecule has 104 valence electrons. The molecule has 1 aliphatic heterocycles. The lowest BCUT2D eigenvalue weighted by molar-refractivity contribution is -0.0157. The van der Waals surface area contributed by atoms with Gasteiger partial charge in [-0.15, -0.1) is 0 Å². The summed E-state index contributed by atoms with van der Waals surface area (Å²) in [5.74, 6) is 0. The summed E-state index contributed by atoms with van der Waals surface area (Å²) in [6.45, 7) is 6.58. The highest BCUT2D eigenvalue weighted by atomic mass is 79.9. The molecule has 0 fully saturated rings. The second-order valence-electron chi connectivity index (χ2n) is 5.42. The van der Waals surface area contributed by atoms with Gasteiger partial charge in [-0.1, -0.05) is 0 Å². The quantitative estimate of drug-likeness (QED) is 0.734. The van der Waals surface area contributed by atoms with Crippen LogP contribution in [0.5, 0.6) is 0 Å². The summed E-state index contributed by atoms with van der Waals surface area (Å²) in [6.07, 6.45) is 1.34. The van der Waals surface area contributed by atoms with Crippen molar-refractivity contribution < 1.29 is 14.3 Å². The van der Waals surface area contributed by atoms with E-state index in [4.69, 9.17) is 9.47 Å². The minimum absolute atomic E-state index is 0.211. The van der Waals surface area contributed by atoms with Crippen LogP contribution in [0.3, 0.4) is 0 Å². The van der Waals surface area contributed by atoms with Crippen molar-refractivity contribution in [2.24, 2.45) is 0 Å². The van der Waals surface area contributed by atoms with E-state index in [9.17, 15) is 4.79 Å². The van der Waals surface area contributed by atoms with Crippen LogP contribution in [0.1, 0.15) is 32.0 Å². The maximum Gasteiger partial charge on any atom is 0.412 e. The highest BCUT2D eigenvalue weighted by Gasteiger charge is 2.25. The fraction of sp³-hybridized carbons (Fsp3) is 0.538. The number of carbonyl (C=O) groups excluding carboxylic acids is 1. The smallest absolute Gasteiger partial charge is 0.412 e. The molecule has 19 heavy (non-hydrogen) atoms. The van der Waals surface area contributed by atoms with Gasteiger partial charge < -0.3 is 9.47 Å². The summed E-state index contributed by atoms with van der Waals surface area (Å²) >= 11 is 3.38. The molecule has 0 atom stereocenters. The predicted octanol–water partition coefficient (Wildman–Crippen LogP) is 3.07. The molecule has 0 saturated heterocycles. The van der Waals surface area contributed by atoms with E-state index < -0.39 is 5.60 Å². The van der Waals surface area contributed by atoms with Gasteiger partial charge in [-0.2, -0.15) is 0 Å². The van der Waals surface area contributed by atoms with Crippen LogP contribution >= 0.6 is 15.9 Å². The first kappa shape index (κ1) is 14.3. The molecule has 0 unspecified atom stereocenters. The third kappa shape index (κ3) is 3.91. The molecule has 2 rings (SSSR count). The van der Waals surface area contributed by atoms with Gasteiger partial charge >= 0.3 is 6.09 Å². The van der Waals surface area contributed by atoms with Crippen LogP contribution in [0.4, 0.5) is 4.79 Å². The summed E-state index contributed by atoms with van der Waals surface area (Å²) in [7, 11) is 0. The molecule has 0 N–H and O–H groups in total. The normalized spacial score (nSPS) is 15.7. The van der Waals surface area contributed by atoms with Gasteiger partial charge in [-0.05, 0) is 42.8 Å². The molecule has 1 aromatic rings. The average Bonchev–Trinajstić information content (AvgIpc) is 2.48. The monoisotopic (exact) mass is 328 g/mol. The Morgan fingerprint density at radius 2 is 2.26 bits per heavy atom. The van der Waals surface area contributed by atoms with E-state index in [0.717, 1.165) is 15.7 Å². The number of halogens is 1. The Morgan fingerprint density at radius 1 is 1.53 bits per heavy atom. The van der Waals surface area contributed by atoms with Crippen molar-refractivity contribution in [3.63, 3.8) is 0 Å².